The SMILES string of the molecule is Cc1c(C(=O)O)nnn1-c1cccc2c1CCN(Cc1ccncc1)C2.Cl.Cl. The van der Waals surface area contributed by atoms with E-state index >= 15 is 0 Å². The number of hydrogen-bond acceptors (Lipinski definition) is 5. The van der Waals surface area contributed by atoms with Crippen LogP contribution in [0.5, 0.6) is 0 Å². The highest BCUT2D eigenvalue weighted by atomic mass is 35.5. The lowest BCUT2D eigenvalue weighted by Gasteiger charge is -2.30. The van der Waals surface area contributed by atoms with Crippen LogP contribution in [0.1, 0.15) is 32.9 Å². The van der Waals surface area contributed by atoms with Crippen LogP contribution in [0.25, 0.3) is 5.69 Å². The van der Waals surface area contributed by atoms with Crippen LogP contribution in [0.2, 0.25) is 0 Å². The van der Waals surface area contributed by atoms with Gasteiger partial charge in [0.15, 0.2) is 5.69 Å². The minimum absolute atomic E-state index is 0. The van der Waals surface area contributed by atoms with Gasteiger partial charge in [-0.1, -0.05) is 17.3 Å². The van der Waals surface area contributed by atoms with E-state index in [4.69, 9.17) is 0 Å². The van der Waals surface area contributed by atoms with Crippen molar-refractivity contribution in [2.45, 2.75) is 26.4 Å². The first-order valence-electron chi connectivity index (χ1n) is 8.51. The molecule has 0 bridgehead atoms. The molecule has 0 unspecified atom stereocenters. The average Bonchev–Trinajstić information content (AvgIpc) is 3.03. The summed E-state index contributed by atoms with van der Waals surface area (Å²) in [5, 5.41) is 17.1. The topological polar surface area (TPSA) is 84.1 Å². The number of benzene rings is 1. The van der Waals surface area contributed by atoms with E-state index in [-0.39, 0.29) is 30.5 Å². The quantitative estimate of drug-likeness (QED) is 0.696. The normalized spacial score (nSPS) is 13.2. The summed E-state index contributed by atoms with van der Waals surface area (Å²) < 4.78 is 1.64. The lowest BCUT2D eigenvalue weighted by molar-refractivity contribution is 0.0689. The van der Waals surface area contributed by atoms with Crippen molar-refractivity contribution in [2.24, 2.45) is 0 Å². The van der Waals surface area contributed by atoms with E-state index in [9.17, 15) is 9.90 Å². The maximum Gasteiger partial charge on any atom is 0.358 e. The minimum atomic E-state index is -1.05. The molecule has 1 aliphatic rings. The largest absolute Gasteiger partial charge is 0.476 e. The number of aromatic nitrogens is 4. The first-order chi connectivity index (χ1) is 12.6. The van der Waals surface area contributed by atoms with Gasteiger partial charge >= 0.3 is 5.97 Å². The summed E-state index contributed by atoms with van der Waals surface area (Å²) in [5.41, 5.74) is 5.17. The number of rotatable bonds is 4. The van der Waals surface area contributed by atoms with Gasteiger partial charge in [-0.15, -0.1) is 29.9 Å². The van der Waals surface area contributed by atoms with Gasteiger partial charge < -0.3 is 5.11 Å². The van der Waals surface area contributed by atoms with Crippen molar-refractivity contribution in [1.29, 1.82) is 0 Å². The van der Waals surface area contributed by atoms with Crippen molar-refractivity contribution < 1.29 is 9.90 Å². The molecule has 3 aromatic rings. The number of halogens is 2. The molecule has 148 valence electrons. The number of carbonyl (C=O) groups is 1. The van der Waals surface area contributed by atoms with Crippen LogP contribution in [-0.2, 0) is 19.5 Å². The highest BCUT2D eigenvalue weighted by Crippen LogP contribution is 2.27. The molecular formula is C19H21Cl2N5O2. The molecule has 2 aromatic heterocycles. The standard InChI is InChI=1S/C19H19N5O2.2ClH/c1-13-18(19(25)26)21-22-24(13)17-4-2-3-15-12-23(10-7-16(15)17)11-14-5-8-20-9-6-14;;/h2-6,8-9H,7,10-12H2,1H3,(H,25,26);2*1H. The molecule has 0 saturated carbocycles. The van der Waals surface area contributed by atoms with E-state index < -0.39 is 5.97 Å². The monoisotopic (exact) mass is 421 g/mol. The van der Waals surface area contributed by atoms with Gasteiger partial charge in [0.05, 0.1) is 11.4 Å². The zero-order chi connectivity index (χ0) is 18.1. The summed E-state index contributed by atoms with van der Waals surface area (Å²) in [7, 11) is 0. The number of aromatic carboxylic acids is 1. The van der Waals surface area contributed by atoms with Crippen molar-refractivity contribution in [1.82, 2.24) is 24.9 Å². The first-order valence-corrected chi connectivity index (χ1v) is 8.51. The summed E-state index contributed by atoms with van der Waals surface area (Å²) in [6, 6.07) is 10.2. The van der Waals surface area contributed by atoms with Gasteiger partial charge in [0.25, 0.3) is 0 Å². The molecule has 3 heterocycles. The van der Waals surface area contributed by atoms with Gasteiger partial charge in [0.1, 0.15) is 0 Å². The number of pyridine rings is 1. The predicted octanol–water partition coefficient (Wildman–Crippen LogP) is 3.07. The number of nitrogens with zero attached hydrogens (tertiary/aromatic N) is 5. The number of carboxylic acids is 1. The number of fused-ring (bicyclic) bond motifs is 1. The fourth-order valence-corrected chi connectivity index (χ4v) is 3.48. The van der Waals surface area contributed by atoms with Gasteiger partial charge in [0, 0.05) is 32.0 Å². The second kappa shape index (κ2) is 9.14. The molecule has 0 fully saturated rings. The molecular weight excluding hydrogens is 401 g/mol. The molecule has 4 rings (SSSR count). The van der Waals surface area contributed by atoms with Gasteiger partial charge in [-0.3, -0.25) is 9.88 Å². The van der Waals surface area contributed by atoms with Crippen molar-refractivity contribution in [3.63, 3.8) is 0 Å². The van der Waals surface area contributed by atoms with Crippen LogP contribution in [0, 0.1) is 6.92 Å². The molecule has 1 aromatic carbocycles. The third-order valence-electron chi connectivity index (χ3n) is 4.80. The van der Waals surface area contributed by atoms with E-state index in [1.54, 1.807) is 11.6 Å². The molecule has 0 aliphatic carbocycles. The summed E-state index contributed by atoms with van der Waals surface area (Å²) in [6.45, 7) is 4.41. The van der Waals surface area contributed by atoms with Crippen LogP contribution >= 0.6 is 24.8 Å². The second-order valence-electron chi connectivity index (χ2n) is 6.47. The fourth-order valence-electron chi connectivity index (χ4n) is 3.48. The number of hydrogen-bond donors (Lipinski definition) is 1. The molecule has 0 saturated heterocycles. The third kappa shape index (κ3) is 4.16. The van der Waals surface area contributed by atoms with E-state index in [0.717, 1.165) is 31.7 Å². The molecule has 0 radical (unpaired) electrons. The first kappa shape index (κ1) is 21.8. The van der Waals surface area contributed by atoms with Crippen molar-refractivity contribution in [3.8, 4) is 5.69 Å². The highest BCUT2D eigenvalue weighted by molar-refractivity contribution is 5.86. The Balaban J connectivity index is 0.00000140. The molecule has 0 spiro atoms. The Morgan fingerprint density at radius 2 is 1.93 bits per heavy atom. The molecule has 0 amide bonds. The Labute approximate surface area is 175 Å². The zero-order valence-corrected chi connectivity index (χ0v) is 16.9. The molecule has 1 N–H and O–H groups in total. The lowest BCUT2D eigenvalue weighted by Crippen LogP contribution is -2.30. The highest BCUT2D eigenvalue weighted by Gasteiger charge is 2.22. The van der Waals surface area contributed by atoms with Crippen molar-refractivity contribution >= 4 is 30.8 Å². The van der Waals surface area contributed by atoms with Crippen LogP contribution in [0.15, 0.2) is 42.7 Å². The van der Waals surface area contributed by atoms with Crippen LogP contribution in [0.3, 0.4) is 0 Å². The van der Waals surface area contributed by atoms with E-state index in [2.05, 4.69) is 26.3 Å². The third-order valence-corrected chi connectivity index (χ3v) is 4.80. The molecule has 0 atom stereocenters. The molecule has 1 aliphatic heterocycles. The molecule has 7 nitrogen and oxygen atoms in total. The van der Waals surface area contributed by atoms with E-state index in [1.165, 1.54) is 16.7 Å². The van der Waals surface area contributed by atoms with E-state index in [1.807, 2.05) is 36.7 Å². The lowest BCUT2D eigenvalue weighted by atomic mass is 9.97. The molecule has 28 heavy (non-hydrogen) atoms. The summed E-state index contributed by atoms with van der Waals surface area (Å²) in [4.78, 5) is 17.7. The zero-order valence-electron chi connectivity index (χ0n) is 15.3. The maximum absolute atomic E-state index is 11.2. The maximum atomic E-state index is 11.2. The summed E-state index contributed by atoms with van der Waals surface area (Å²) >= 11 is 0. The van der Waals surface area contributed by atoms with Crippen LogP contribution in [0.4, 0.5) is 0 Å². The Morgan fingerprint density at radius 1 is 1.18 bits per heavy atom. The van der Waals surface area contributed by atoms with Gasteiger partial charge in [-0.2, -0.15) is 0 Å². The van der Waals surface area contributed by atoms with Crippen molar-refractivity contribution in [2.75, 3.05) is 6.54 Å². The van der Waals surface area contributed by atoms with Gasteiger partial charge in [0.2, 0.25) is 0 Å². The average molecular weight is 422 g/mol. The smallest absolute Gasteiger partial charge is 0.358 e. The Kier molecular flexibility index (Phi) is 7.12. The number of carboxylic acid groups (broad SMARTS) is 1. The minimum Gasteiger partial charge on any atom is -0.476 e. The summed E-state index contributed by atoms with van der Waals surface area (Å²) in [6.07, 6.45) is 4.52. The fraction of sp³-hybridized carbons (Fsp3) is 0.263. The van der Waals surface area contributed by atoms with Crippen molar-refractivity contribution in [3.05, 3.63) is 70.8 Å². The van der Waals surface area contributed by atoms with E-state index in [0.29, 0.717) is 5.69 Å². The van der Waals surface area contributed by atoms with Crippen LogP contribution < -0.4 is 0 Å². The predicted molar refractivity (Wildman–Crippen MR) is 110 cm³/mol. The van der Waals surface area contributed by atoms with Gasteiger partial charge in [-0.25, -0.2) is 9.48 Å². The second-order valence-corrected chi connectivity index (χ2v) is 6.47. The van der Waals surface area contributed by atoms with Gasteiger partial charge in [-0.05, 0) is 48.2 Å². The molecule has 9 heteroatoms. The Hall–Kier alpha value is -2.48. The van der Waals surface area contributed by atoms with Crippen LogP contribution in [-0.4, -0.2) is 42.5 Å². The summed E-state index contributed by atoms with van der Waals surface area (Å²) in [5.74, 6) is -1.05. The Morgan fingerprint density at radius 3 is 2.61 bits per heavy atom. The Bertz CT molecular complexity index is 962.